The normalized spacial score (nSPS) is 15.8. The minimum absolute atomic E-state index is 0.0115. The molecule has 0 saturated heterocycles. The number of hydrogen-bond donors (Lipinski definition) is 1. The van der Waals surface area contributed by atoms with Crippen molar-refractivity contribution in [3.63, 3.8) is 0 Å². The lowest BCUT2D eigenvalue weighted by atomic mass is 9.85. The average molecular weight is 808 g/mol. The number of fused-ring (bicyclic) bond motifs is 6. The van der Waals surface area contributed by atoms with Crippen molar-refractivity contribution >= 4 is 51.2 Å². The van der Waals surface area contributed by atoms with Gasteiger partial charge in [-0.3, -0.25) is 9.59 Å². The van der Waals surface area contributed by atoms with Crippen LogP contribution in [0.3, 0.4) is 0 Å². The largest absolute Gasteiger partial charge is 0.390 e. The lowest BCUT2D eigenvalue weighted by molar-refractivity contribution is -0.160. The number of carbonyl (C=O) groups excluding carboxylic acids is 4. The van der Waals surface area contributed by atoms with Crippen LogP contribution >= 0.6 is 0 Å². The second kappa shape index (κ2) is 16.8. The van der Waals surface area contributed by atoms with E-state index in [1.807, 2.05) is 137 Å². The van der Waals surface area contributed by atoms with Gasteiger partial charge in [0.1, 0.15) is 13.1 Å². The van der Waals surface area contributed by atoms with E-state index in [2.05, 4.69) is 11.4 Å². The zero-order valence-corrected chi connectivity index (χ0v) is 33.9. The predicted octanol–water partition coefficient (Wildman–Crippen LogP) is 8.02. The van der Waals surface area contributed by atoms with Gasteiger partial charge >= 0.3 is 11.9 Å². The van der Waals surface area contributed by atoms with Crippen molar-refractivity contribution in [3.8, 4) is 6.07 Å². The number of nitrogens with zero attached hydrogens (tertiary/aromatic N) is 4. The van der Waals surface area contributed by atoms with Gasteiger partial charge in [-0.15, -0.1) is 0 Å². The number of hydrogen-bond acceptors (Lipinski definition) is 6. The van der Waals surface area contributed by atoms with E-state index in [1.54, 1.807) is 18.0 Å². The maximum Gasteiger partial charge on any atom is 0.333 e. The number of nitrogens with one attached hydrogen (secondary N) is 1. The van der Waals surface area contributed by atoms with Gasteiger partial charge in [-0.05, 0) is 97.2 Å². The van der Waals surface area contributed by atoms with E-state index in [-0.39, 0.29) is 42.8 Å². The smallest absolute Gasteiger partial charge is 0.333 e. The molecule has 2 aliphatic rings. The minimum Gasteiger partial charge on any atom is -0.390 e. The molecule has 61 heavy (non-hydrogen) atoms. The maximum atomic E-state index is 14.0. The molecule has 0 bridgehead atoms. The first-order chi connectivity index (χ1) is 29.8. The van der Waals surface area contributed by atoms with E-state index < -0.39 is 11.9 Å². The summed E-state index contributed by atoms with van der Waals surface area (Å²) in [5.74, 6) is -1.91. The second-order valence-electron chi connectivity index (χ2n) is 16.1. The van der Waals surface area contributed by atoms with E-state index in [0.717, 1.165) is 61.1 Å². The van der Waals surface area contributed by atoms with Crippen LogP contribution in [0.5, 0.6) is 0 Å². The highest BCUT2D eigenvalue weighted by molar-refractivity contribution is 5.96. The number of benzene rings is 5. The van der Waals surface area contributed by atoms with Crippen molar-refractivity contribution in [2.24, 2.45) is 11.8 Å². The van der Waals surface area contributed by atoms with Crippen LogP contribution in [-0.4, -0.2) is 39.9 Å². The Kier molecular flexibility index (Phi) is 10.8. The van der Waals surface area contributed by atoms with Crippen molar-refractivity contribution < 1.29 is 23.9 Å². The van der Waals surface area contributed by atoms with Crippen molar-refractivity contribution in [2.75, 3.05) is 11.9 Å². The number of ether oxygens (including phenoxy) is 1. The summed E-state index contributed by atoms with van der Waals surface area (Å²) in [6, 6.07) is 44.6. The van der Waals surface area contributed by atoms with Crippen LogP contribution < -0.4 is 10.2 Å². The summed E-state index contributed by atoms with van der Waals surface area (Å²) >= 11 is 0. The molecule has 0 aliphatic heterocycles. The van der Waals surface area contributed by atoms with Gasteiger partial charge in [0.15, 0.2) is 0 Å². The van der Waals surface area contributed by atoms with Crippen molar-refractivity contribution in [1.29, 1.82) is 5.26 Å². The fraction of sp³-hybridized carbons (Fsp3) is 0.235. The molecule has 304 valence electrons. The zero-order valence-electron chi connectivity index (χ0n) is 33.9. The Hall–Kier alpha value is -7.25. The predicted molar refractivity (Wildman–Crippen MR) is 233 cm³/mol. The molecular weight excluding hydrogens is 763 g/mol. The number of esters is 2. The lowest BCUT2D eigenvalue weighted by Crippen LogP contribution is -2.37. The number of nitriles is 1. The molecule has 2 atom stereocenters. The number of carbonyl (C=O) groups is 4. The first-order valence-electron chi connectivity index (χ1n) is 20.9. The van der Waals surface area contributed by atoms with Crippen LogP contribution in [0.15, 0.2) is 133 Å². The molecule has 0 spiro atoms. The van der Waals surface area contributed by atoms with Crippen molar-refractivity contribution in [1.82, 2.24) is 14.5 Å². The molecule has 2 aliphatic carbocycles. The van der Waals surface area contributed by atoms with E-state index in [1.165, 1.54) is 0 Å². The van der Waals surface area contributed by atoms with Gasteiger partial charge in [-0.2, -0.15) is 5.26 Å². The van der Waals surface area contributed by atoms with Crippen molar-refractivity contribution in [2.45, 2.75) is 57.7 Å². The van der Waals surface area contributed by atoms with Crippen molar-refractivity contribution in [3.05, 3.63) is 173 Å². The Bertz CT molecular complexity index is 2800. The Morgan fingerprint density at radius 3 is 1.84 bits per heavy atom. The summed E-state index contributed by atoms with van der Waals surface area (Å²) in [6.07, 6.45) is 3.31. The van der Waals surface area contributed by atoms with E-state index in [4.69, 9.17) is 4.74 Å². The minimum atomic E-state index is -0.690. The molecule has 2 aromatic heterocycles. The third-order valence-corrected chi connectivity index (χ3v) is 12.5. The van der Waals surface area contributed by atoms with Crippen LogP contribution in [0.1, 0.15) is 58.1 Å². The summed E-state index contributed by atoms with van der Waals surface area (Å²) < 4.78 is 9.36. The third-order valence-electron chi connectivity index (χ3n) is 12.5. The maximum absolute atomic E-state index is 14.0. The van der Waals surface area contributed by atoms with Gasteiger partial charge in [-0.25, -0.2) is 9.59 Å². The summed E-state index contributed by atoms with van der Waals surface area (Å²) in [5, 5.41) is 14.9. The van der Waals surface area contributed by atoms with Crippen LogP contribution in [0, 0.1) is 23.2 Å². The molecular formula is C51H45N5O5. The van der Waals surface area contributed by atoms with E-state index in [0.29, 0.717) is 44.1 Å². The second-order valence-corrected chi connectivity index (χ2v) is 16.1. The van der Waals surface area contributed by atoms with Gasteiger partial charge in [0, 0.05) is 57.8 Å². The molecule has 0 radical (unpaired) electrons. The molecule has 1 N–H and O–H groups in total. The third kappa shape index (κ3) is 7.71. The number of para-hydroxylation sites is 2. The molecule has 5 aromatic carbocycles. The molecule has 2 unspecified atom stereocenters. The highest BCUT2D eigenvalue weighted by Gasteiger charge is 2.34. The van der Waals surface area contributed by atoms with Gasteiger partial charge in [0.2, 0.25) is 11.8 Å². The van der Waals surface area contributed by atoms with Crippen LogP contribution in [0.2, 0.25) is 0 Å². The van der Waals surface area contributed by atoms with Gasteiger partial charge in [-0.1, -0.05) is 97.1 Å². The fourth-order valence-corrected chi connectivity index (χ4v) is 9.53. The Labute approximate surface area is 354 Å². The number of anilines is 1. The number of amides is 2. The standard InChI is InChI=1S/C51H45N5O5/c1-54(38-17-9-4-10-18-38)51(60)37-23-26-46-42(29-37)40-27-33(30-52)21-24-44(40)56(46)32-48(58)61-47(57)31-55-43-20-12-11-19-39(43)41-28-36(22-25-45(41)55)50(59)53-49(34-13-5-2-6-14-34)35-15-7-3-8-16-35/h2-21,24,27,36-37,49H,22-23,25-26,28-29,31-32H2,1H3,(H,53,59). The Morgan fingerprint density at radius 2 is 1.21 bits per heavy atom. The quantitative estimate of drug-likeness (QED) is 0.110. The van der Waals surface area contributed by atoms with Crippen LogP contribution in [-0.2, 0) is 62.7 Å². The summed E-state index contributed by atoms with van der Waals surface area (Å²) in [4.78, 5) is 56.7. The number of rotatable bonds is 10. The van der Waals surface area contributed by atoms with E-state index >= 15 is 0 Å². The topological polar surface area (TPSA) is 126 Å². The fourth-order valence-electron chi connectivity index (χ4n) is 9.53. The van der Waals surface area contributed by atoms with Gasteiger partial charge < -0.3 is 24.1 Å². The first kappa shape index (κ1) is 39.2. The summed E-state index contributed by atoms with van der Waals surface area (Å²) in [6.45, 7) is -0.350. The zero-order chi connectivity index (χ0) is 42.0. The summed E-state index contributed by atoms with van der Waals surface area (Å²) in [5.41, 5.74) is 8.77. The molecule has 9 rings (SSSR count). The Balaban J connectivity index is 0.914. The highest BCUT2D eigenvalue weighted by atomic mass is 16.6. The summed E-state index contributed by atoms with van der Waals surface area (Å²) in [7, 11) is 1.79. The molecule has 10 nitrogen and oxygen atoms in total. The van der Waals surface area contributed by atoms with Crippen LogP contribution in [0.4, 0.5) is 5.69 Å². The molecule has 0 saturated carbocycles. The number of aromatic nitrogens is 2. The SMILES string of the molecule is CN(C(=O)C1CCc2c(c3cc(C#N)ccc3n2CC(=O)OC(=O)Cn2c3c(c4ccccc42)CC(C(=O)NC(c2ccccc2)c2ccccc2)CC3)C1)c1ccccc1. The first-order valence-corrected chi connectivity index (χ1v) is 20.9. The molecule has 10 heteroatoms. The van der Waals surface area contributed by atoms with Gasteiger partial charge in [0.25, 0.3) is 0 Å². The van der Waals surface area contributed by atoms with Crippen LogP contribution in [0.25, 0.3) is 21.8 Å². The molecule has 0 fully saturated rings. The lowest BCUT2D eigenvalue weighted by Gasteiger charge is -2.27. The van der Waals surface area contributed by atoms with E-state index in [9.17, 15) is 24.4 Å². The molecule has 2 heterocycles. The average Bonchev–Trinajstić information content (AvgIpc) is 3.78. The molecule has 2 amide bonds. The molecule has 7 aromatic rings. The van der Waals surface area contributed by atoms with Gasteiger partial charge in [0.05, 0.1) is 17.7 Å². The Morgan fingerprint density at radius 1 is 0.689 bits per heavy atom. The highest BCUT2D eigenvalue weighted by Crippen LogP contribution is 2.38. The monoisotopic (exact) mass is 807 g/mol.